The first kappa shape index (κ1) is 16.9. The topological polar surface area (TPSA) is 75.9 Å². The molecule has 0 aliphatic carbocycles. The zero-order valence-corrected chi connectivity index (χ0v) is 13.9. The first-order valence-corrected chi connectivity index (χ1v) is 7.68. The van der Waals surface area contributed by atoms with E-state index in [1.165, 1.54) is 12.4 Å². The van der Waals surface area contributed by atoms with E-state index in [0.29, 0.717) is 16.5 Å². The fourth-order valence-electron chi connectivity index (χ4n) is 2.18. The van der Waals surface area contributed by atoms with Crippen LogP contribution in [0.25, 0.3) is 0 Å². The van der Waals surface area contributed by atoms with Crippen molar-refractivity contribution < 1.29 is 8.78 Å². The predicted octanol–water partition coefficient (Wildman–Crippen LogP) is 4.79. The lowest BCUT2D eigenvalue weighted by molar-refractivity contribution is 0.509. The number of benzene rings is 2. The Kier molecular flexibility index (Phi) is 4.67. The average molecular weight is 362 g/mol. The van der Waals surface area contributed by atoms with Gasteiger partial charge in [0.2, 0.25) is 0 Å². The van der Waals surface area contributed by atoms with Crippen LogP contribution in [-0.4, -0.2) is 9.97 Å². The van der Waals surface area contributed by atoms with Crippen LogP contribution in [0.1, 0.15) is 5.56 Å². The lowest BCUT2D eigenvalue weighted by atomic mass is 10.2. The second-order valence-electron chi connectivity index (χ2n) is 5.28. The lowest BCUT2D eigenvalue weighted by Gasteiger charge is -2.14. The molecular formula is C17H14ClF2N5. The first-order chi connectivity index (χ1) is 12.0. The van der Waals surface area contributed by atoms with E-state index in [1.807, 2.05) is 13.0 Å². The molecule has 0 fully saturated rings. The van der Waals surface area contributed by atoms with Gasteiger partial charge in [-0.25, -0.2) is 18.7 Å². The van der Waals surface area contributed by atoms with E-state index in [4.69, 9.17) is 17.3 Å². The highest BCUT2D eigenvalue weighted by Gasteiger charge is 2.11. The molecule has 0 bridgehead atoms. The van der Waals surface area contributed by atoms with Gasteiger partial charge >= 0.3 is 0 Å². The number of rotatable bonds is 4. The van der Waals surface area contributed by atoms with Crippen LogP contribution in [0.15, 0.2) is 42.7 Å². The molecule has 0 spiro atoms. The highest BCUT2D eigenvalue weighted by molar-refractivity contribution is 6.31. The van der Waals surface area contributed by atoms with Crippen LogP contribution in [0.3, 0.4) is 0 Å². The van der Waals surface area contributed by atoms with Gasteiger partial charge in [0.15, 0.2) is 23.3 Å². The summed E-state index contributed by atoms with van der Waals surface area (Å²) in [4.78, 5) is 8.15. The Morgan fingerprint density at radius 3 is 2.44 bits per heavy atom. The monoisotopic (exact) mass is 361 g/mol. The second-order valence-corrected chi connectivity index (χ2v) is 5.68. The number of hydrogen-bond donors (Lipinski definition) is 3. The molecule has 3 aromatic rings. The van der Waals surface area contributed by atoms with E-state index in [-0.39, 0.29) is 11.5 Å². The van der Waals surface area contributed by atoms with Gasteiger partial charge in [0, 0.05) is 22.5 Å². The van der Waals surface area contributed by atoms with Gasteiger partial charge in [-0.15, -0.1) is 0 Å². The molecule has 0 aliphatic heterocycles. The van der Waals surface area contributed by atoms with Crippen LogP contribution >= 0.6 is 11.6 Å². The lowest BCUT2D eigenvalue weighted by Crippen LogP contribution is -2.06. The van der Waals surface area contributed by atoms with Gasteiger partial charge in [0.1, 0.15) is 12.0 Å². The van der Waals surface area contributed by atoms with Crippen LogP contribution in [0.4, 0.5) is 37.5 Å². The molecule has 3 rings (SSSR count). The molecule has 0 unspecified atom stereocenters. The third-order valence-corrected chi connectivity index (χ3v) is 4.00. The molecule has 4 N–H and O–H groups in total. The number of aromatic nitrogens is 2. The molecule has 1 heterocycles. The van der Waals surface area contributed by atoms with Gasteiger partial charge in [0.05, 0.1) is 0 Å². The maximum atomic E-state index is 13.3. The van der Waals surface area contributed by atoms with Gasteiger partial charge in [-0.05, 0) is 36.8 Å². The summed E-state index contributed by atoms with van der Waals surface area (Å²) < 4.78 is 26.3. The maximum Gasteiger partial charge on any atom is 0.160 e. The number of nitrogens with two attached hydrogens (primary N) is 1. The zero-order valence-electron chi connectivity index (χ0n) is 13.1. The summed E-state index contributed by atoms with van der Waals surface area (Å²) in [6.07, 6.45) is 1.31. The molecular weight excluding hydrogens is 348 g/mol. The first-order valence-electron chi connectivity index (χ1n) is 7.30. The standard InChI is InChI=1S/C17H14ClF2N5/c1-9-11(18)3-2-4-14(9)25-17-15(21)16(22-8-23-17)24-10-5-6-12(19)13(20)7-10/h2-8H,21H2,1H3,(H2,22,23,24,25). The molecule has 25 heavy (non-hydrogen) atoms. The molecule has 0 amide bonds. The minimum absolute atomic E-state index is 0.228. The van der Waals surface area contributed by atoms with Crippen molar-refractivity contribution in [3.63, 3.8) is 0 Å². The van der Waals surface area contributed by atoms with Crippen molar-refractivity contribution in [1.29, 1.82) is 0 Å². The minimum Gasteiger partial charge on any atom is -0.393 e. The highest BCUT2D eigenvalue weighted by Crippen LogP contribution is 2.31. The van der Waals surface area contributed by atoms with Crippen molar-refractivity contribution in [3.8, 4) is 0 Å². The third-order valence-electron chi connectivity index (χ3n) is 3.59. The van der Waals surface area contributed by atoms with Crippen molar-refractivity contribution >= 4 is 40.3 Å². The van der Waals surface area contributed by atoms with Gasteiger partial charge in [-0.3, -0.25) is 0 Å². The Bertz CT molecular complexity index is 933. The van der Waals surface area contributed by atoms with E-state index in [9.17, 15) is 8.78 Å². The predicted molar refractivity (Wildman–Crippen MR) is 95.6 cm³/mol. The summed E-state index contributed by atoms with van der Waals surface area (Å²) in [5.41, 5.74) is 8.22. The quantitative estimate of drug-likeness (QED) is 0.623. The molecule has 128 valence electrons. The summed E-state index contributed by atoms with van der Waals surface area (Å²) >= 11 is 6.10. The summed E-state index contributed by atoms with van der Waals surface area (Å²) in [6, 6.07) is 8.84. The van der Waals surface area contributed by atoms with E-state index in [0.717, 1.165) is 23.4 Å². The fraction of sp³-hybridized carbons (Fsp3) is 0.0588. The van der Waals surface area contributed by atoms with Crippen molar-refractivity contribution in [2.75, 3.05) is 16.4 Å². The second kappa shape index (κ2) is 6.90. The highest BCUT2D eigenvalue weighted by atomic mass is 35.5. The normalized spacial score (nSPS) is 10.6. The molecule has 5 nitrogen and oxygen atoms in total. The molecule has 0 atom stereocenters. The van der Waals surface area contributed by atoms with Gasteiger partial charge in [-0.1, -0.05) is 17.7 Å². The largest absolute Gasteiger partial charge is 0.393 e. The number of hydrogen-bond acceptors (Lipinski definition) is 5. The van der Waals surface area contributed by atoms with Crippen LogP contribution in [-0.2, 0) is 0 Å². The van der Waals surface area contributed by atoms with Crippen molar-refractivity contribution in [1.82, 2.24) is 9.97 Å². The summed E-state index contributed by atoms with van der Waals surface area (Å²) in [7, 11) is 0. The number of halogens is 3. The van der Waals surface area contributed by atoms with Gasteiger partial charge in [0.25, 0.3) is 0 Å². The third kappa shape index (κ3) is 3.61. The number of anilines is 5. The molecule has 0 aliphatic rings. The summed E-state index contributed by atoms with van der Waals surface area (Å²) in [5, 5.41) is 6.55. The Labute approximate surface area is 147 Å². The molecule has 0 saturated heterocycles. The molecule has 0 saturated carbocycles. The SMILES string of the molecule is Cc1c(Cl)cccc1Nc1ncnc(Nc2ccc(F)c(F)c2)c1N. The van der Waals surface area contributed by atoms with Crippen molar-refractivity contribution in [2.24, 2.45) is 0 Å². The van der Waals surface area contributed by atoms with E-state index in [1.54, 1.807) is 12.1 Å². The zero-order chi connectivity index (χ0) is 18.0. The van der Waals surface area contributed by atoms with Crippen LogP contribution in [0.2, 0.25) is 5.02 Å². The van der Waals surface area contributed by atoms with E-state index < -0.39 is 11.6 Å². The molecule has 0 radical (unpaired) electrons. The Hall–Kier alpha value is -2.93. The van der Waals surface area contributed by atoms with E-state index >= 15 is 0 Å². The smallest absolute Gasteiger partial charge is 0.160 e. The van der Waals surface area contributed by atoms with Crippen molar-refractivity contribution in [3.05, 3.63) is 64.9 Å². The average Bonchev–Trinajstić information content (AvgIpc) is 2.59. The van der Waals surface area contributed by atoms with Crippen molar-refractivity contribution in [2.45, 2.75) is 6.92 Å². The van der Waals surface area contributed by atoms with Crippen LogP contribution in [0.5, 0.6) is 0 Å². The Balaban J connectivity index is 1.89. The summed E-state index contributed by atoms with van der Waals surface area (Å²) in [6.45, 7) is 1.86. The van der Waals surface area contributed by atoms with Gasteiger partial charge < -0.3 is 16.4 Å². The van der Waals surface area contributed by atoms with Gasteiger partial charge in [-0.2, -0.15) is 0 Å². The van der Waals surface area contributed by atoms with E-state index in [2.05, 4.69) is 20.6 Å². The Morgan fingerprint density at radius 1 is 1.00 bits per heavy atom. The number of nitrogen functional groups attached to an aromatic ring is 1. The number of nitrogens with one attached hydrogen (secondary N) is 2. The van der Waals surface area contributed by atoms with Crippen LogP contribution in [0, 0.1) is 18.6 Å². The maximum absolute atomic E-state index is 13.3. The molecule has 2 aromatic carbocycles. The summed E-state index contributed by atoms with van der Waals surface area (Å²) in [5.74, 6) is -1.26. The fourth-order valence-corrected chi connectivity index (χ4v) is 2.35. The van der Waals surface area contributed by atoms with Crippen LogP contribution < -0.4 is 16.4 Å². The Morgan fingerprint density at radius 2 is 1.72 bits per heavy atom. The minimum atomic E-state index is -0.967. The number of nitrogens with zero attached hydrogens (tertiary/aromatic N) is 2. The molecule has 1 aromatic heterocycles. The molecule has 8 heteroatoms.